The zero-order chi connectivity index (χ0) is 18.9. The van der Waals surface area contributed by atoms with Gasteiger partial charge in [0.15, 0.2) is 0 Å². The highest BCUT2D eigenvalue weighted by molar-refractivity contribution is 5.77. The molecule has 26 heavy (non-hydrogen) atoms. The lowest BCUT2D eigenvalue weighted by atomic mass is 10.1. The SMILES string of the molecule is CCOC(=O)NCCC(=O)NCc1cccc(Cn2nc(C)cc2C)c1. The summed E-state index contributed by atoms with van der Waals surface area (Å²) in [7, 11) is 0. The average molecular weight is 358 g/mol. The first kappa shape index (κ1) is 19.5. The molecule has 2 amide bonds. The second-order valence-electron chi connectivity index (χ2n) is 6.08. The molecule has 140 valence electrons. The molecule has 1 aromatic carbocycles. The Morgan fingerprint density at radius 3 is 2.62 bits per heavy atom. The van der Waals surface area contributed by atoms with Crippen molar-refractivity contribution in [1.29, 1.82) is 0 Å². The van der Waals surface area contributed by atoms with Gasteiger partial charge in [-0.15, -0.1) is 0 Å². The second-order valence-corrected chi connectivity index (χ2v) is 6.08. The van der Waals surface area contributed by atoms with Gasteiger partial charge < -0.3 is 15.4 Å². The molecule has 0 saturated heterocycles. The van der Waals surface area contributed by atoms with Crippen molar-refractivity contribution >= 4 is 12.0 Å². The van der Waals surface area contributed by atoms with Crippen LogP contribution in [0.4, 0.5) is 4.79 Å². The van der Waals surface area contributed by atoms with Gasteiger partial charge in [0.2, 0.25) is 5.91 Å². The van der Waals surface area contributed by atoms with Gasteiger partial charge in [-0.3, -0.25) is 9.48 Å². The van der Waals surface area contributed by atoms with E-state index in [0.717, 1.165) is 22.5 Å². The highest BCUT2D eigenvalue weighted by atomic mass is 16.5. The molecule has 0 atom stereocenters. The maximum atomic E-state index is 11.9. The number of amides is 2. The van der Waals surface area contributed by atoms with Gasteiger partial charge in [0.25, 0.3) is 0 Å². The number of rotatable bonds is 8. The highest BCUT2D eigenvalue weighted by Crippen LogP contribution is 2.10. The molecule has 7 nitrogen and oxygen atoms in total. The van der Waals surface area contributed by atoms with E-state index in [4.69, 9.17) is 4.74 Å². The summed E-state index contributed by atoms with van der Waals surface area (Å²) in [6.45, 7) is 7.46. The molecule has 0 aliphatic carbocycles. The number of alkyl carbamates (subject to hydrolysis) is 1. The Morgan fingerprint density at radius 1 is 1.15 bits per heavy atom. The van der Waals surface area contributed by atoms with Crippen LogP contribution in [-0.4, -0.2) is 34.9 Å². The standard InChI is InChI=1S/C19H26N4O3/c1-4-26-19(25)20-9-8-18(24)21-12-16-6-5-7-17(11-16)13-23-15(3)10-14(2)22-23/h5-7,10-11H,4,8-9,12-13H2,1-3H3,(H,20,25)(H,21,24). The van der Waals surface area contributed by atoms with Crippen LogP contribution in [-0.2, 0) is 22.6 Å². The third-order valence-corrected chi connectivity index (χ3v) is 3.81. The van der Waals surface area contributed by atoms with Crippen molar-refractivity contribution in [2.45, 2.75) is 40.3 Å². The van der Waals surface area contributed by atoms with Crippen LogP contribution in [0.3, 0.4) is 0 Å². The molecule has 2 N–H and O–H groups in total. The molecule has 1 heterocycles. The number of aromatic nitrogens is 2. The van der Waals surface area contributed by atoms with Gasteiger partial charge in [-0.25, -0.2) is 4.79 Å². The molecule has 0 aliphatic heterocycles. The van der Waals surface area contributed by atoms with Gasteiger partial charge in [0.1, 0.15) is 0 Å². The topological polar surface area (TPSA) is 85.2 Å². The fourth-order valence-corrected chi connectivity index (χ4v) is 2.60. The van der Waals surface area contributed by atoms with Crippen molar-refractivity contribution in [1.82, 2.24) is 20.4 Å². The van der Waals surface area contributed by atoms with E-state index in [-0.39, 0.29) is 18.9 Å². The second kappa shape index (κ2) is 9.60. The van der Waals surface area contributed by atoms with Crippen LogP contribution in [0.15, 0.2) is 30.3 Å². The molecule has 2 aromatic rings. The normalized spacial score (nSPS) is 10.4. The smallest absolute Gasteiger partial charge is 0.407 e. The molecule has 0 unspecified atom stereocenters. The van der Waals surface area contributed by atoms with Gasteiger partial charge in [0, 0.05) is 25.2 Å². The molecular formula is C19H26N4O3. The van der Waals surface area contributed by atoms with Gasteiger partial charge in [0.05, 0.1) is 18.8 Å². The van der Waals surface area contributed by atoms with E-state index < -0.39 is 6.09 Å². The predicted molar refractivity (Wildman–Crippen MR) is 98.7 cm³/mol. The Hall–Kier alpha value is -2.83. The van der Waals surface area contributed by atoms with Crippen molar-refractivity contribution in [2.75, 3.05) is 13.2 Å². The van der Waals surface area contributed by atoms with Crippen LogP contribution in [0.2, 0.25) is 0 Å². The van der Waals surface area contributed by atoms with Crippen molar-refractivity contribution in [3.63, 3.8) is 0 Å². The molecule has 0 saturated carbocycles. The minimum Gasteiger partial charge on any atom is -0.450 e. The summed E-state index contributed by atoms with van der Waals surface area (Å²) in [5, 5.41) is 9.86. The summed E-state index contributed by atoms with van der Waals surface area (Å²) in [6, 6.07) is 10.1. The van der Waals surface area contributed by atoms with Crippen molar-refractivity contribution in [3.8, 4) is 0 Å². The van der Waals surface area contributed by atoms with E-state index in [0.29, 0.717) is 19.7 Å². The number of hydrogen-bond donors (Lipinski definition) is 2. The van der Waals surface area contributed by atoms with Crippen LogP contribution in [0.25, 0.3) is 0 Å². The Kier molecular flexibility index (Phi) is 7.20. The summed E-state index contributed by atoms with van der Waals surface area (Å²) >= 11 is 0. The summed E-state index contributed by atoms with van der Waals surface area (Å²) in [5.41, 5.74) is 4.28. The van der Waals surface area contributed by atoms with Crippen LogP contribution >= 0.6 is 0 Å². The lowest BCUT2D eigenvalue weighted by molar-refractivity contribution is -0.121. The van der Waals surface area contributed by atoms with Crippen molar-refractivity contribution in [2.24, 2.45) is 0 Å². The molecule has 1 aromatic heterocycles. The van der Waals surface area contributed by atoms with Gasteiger partial charge in [-0.2, -0.15) is 5.10 Å². The number of aryl methyl sites for hydroxylation is 2. The average Bonchev–Trinajstić information content (AvgIpc) is 2.91. The van der Waals surface area contributed by atoms with E-state index in [1.165, 1.54) is 0 Å². The monoisotopic (exact) mass is 358 g/mol. The molecule has 0 radical (unpaired) electrons. The quantitative estimate of drug-likeness (QED) is 0.758. The van der Waals surface area contributed by atoms with Crippen LogP contribution in [0, 0.1) is 13.8 Å². The fourth-order valence-electron chi connectivity index (χ4n) is 2.60. The number of carbonyl (C=O) groups excluding carboxylic acids is 2. The van der Waals surface area contributed by atoms with E-state index in [2.05, 4.69) is 27.9 Å². The van der Waals surface area contributed by atoms with E-state index in [1.807, 2.05) is 36.7 Å². The van der Waals surface area contributed by atoms with E-state index in [1.54, 1.807) is 6.92 Å². The van der Waals surface area contributed by atoms with E-state index >= 15 is 0 Å². The van der Waals surface area contributed by atoms with E-state index in [9.17, 15) is 9.59 Å². The Morgan fingerprint density at radius 2 is 1.92 bits per heavy atom. The molecule has 0 fully saturated rings. The first-order valence-corrected chi connectivity index (χ1v) is 8.74. The van der Waals surface area contributed by atoms with Gasteiger partial charge in [-0.05, 0) is 38.0 Å². The third kappa shape index (κ3) is 6.23. The minimum atomic E-state index is -0.503. The maximum Gasteiger partial charge on any atom is 0.407 e. The number of ether oxygens (including phenoxy) is 1. The zero-order valence-corrected chi connectivity index (χ0v) is 15.5. The lowest BCUT2D eigenvalue weighted by Crippen LogP contribution is -2.30. The van der Waals surface area contributed by atoms with Crippen molar-refractivity contribution < 1.29 is 14.3 Å². The Balaban J connectivity index is 1.80. The van der Waals surface area contributed by atoms with Crippen LogP contribution in [0.1, 0.15) is 35.9 Å². The zero-order valence-electron chi connectivity index (χ0n) is 15.5. The van der Waals surface area contributed by atoms with Crippen LogP contribution < -0.4 is 10.6 Å². The molecule has 2 rings (SSSR count). The largest absolute Gasteiger partial charge is 0.450 e. The summed E-state index contributed by atoms with van der Waals surface area (Å²) < 4.78 is 6.70. The summed E-state index contributed by atoms with van der Waals surface area (Å²) in [6.07, 6.45) is -0.290. The third-order valence-electron chi connectivity index (χ3n) is 3.81. The first-order chi connectivity index (χ1) is 12.5. The molecule has 7 heteroatoms. The molecular weight excluding hydrogens is 332 g/mol. The molecule has 0 bridgehead atoms. The predicted octanol–water partition coefficient (Wildman–Crippen LogP) is 2.30. The highest BCUT2D eigenvalue weighted by Gasteiger charge is 2.06. The summed E-state index contributed by atoms with van der Waals surface area (Å²) in [5.74, 6) is -0.120. The number of benzene rings is 1. The number of nitrogens with one attached hydrogen (secondary N) is 2. The van der Waals surface area contributed by atoms with Crippen LogP contribution in [0.5, 0.6) is 0 Å². The molecule has 0 aliphatic rings. The summed E-state index contributed by atoms with van der Waals surface area (Å²) in [4.78, 5) is 23.0. The van der Waals surface area contributed by atoms with Gasteiger partial charge in [-0.1, -0.05) is 24.3 Å². The minimum absolute atomic E-state index is 0.120. The fraction of sp³-hybridized carbons (Fsp3) is 0.421. The Labute approximate surface area is 153 Å². The first-order valence-electron chi connectivity index (χ1n) is 8.74. The Bertz CT molecular complexity index is 755. The number of hydrogen-bond acceptors (Lipinski definition) is 4. The molecule has 0 spiro atoms. The van der Waals surface area contributed by atoms with Gasteiger partial charge >= 0.3 is 6.09 Å². The van der Waals surface area contributed by atoms with Crippen molar-refractivity contribution in [3.05, 3.63) is 52.8 Å². The lowest BCUT2D eigenvalue weighted by Gasteiger charge is -2.09. The number of carbonyl (C=O) groups is 2. The number of nitrogens with zero attached hydrogens (tertiary/aromatic N) is 2. The maximum absolute atomic E-state index is 11.9.